The molecule has 90 valence electrons. The standard InChI is InChI=1S/C12H8Br2Cl2S/c1-6-2-7(4-8(13)3-6)11(15)10-5-9(14)12(16)17-10/h2-5,11H,1H3. The summed E-state index contributed by atoms with van der Waals surface area (Å²) in [5.41, 5.74) is 2.26. The minimum atomic E-state index is -0.167. The maximum atomic E-state index is 6.47. The molecule has 0 bridgehead atoms. The number of hydrogen-bond acceptors (Lipinski definition) is 1. The molecule has 1 aromatic heterocycles. The van der Waals surface area contributed by atoms with E-state index in [1.807, 2.05) is 12.1 Å². The van der Waals surface area contributed by atoms with Crippen LogP contribution in [0.3, 0.4) is 0 Å². The van der Waals surface area contributed by atoms with Gasteiger partial charge in [-0.05, 0) is 52.2 Å². The Kier molecular flexibility index (Phi) is 4.59. The Balaban J connectivity index is 2.39. The topological polar surface area (TPSA) is 0 Å². The van der Waals surface area contributed by atoms with E-state index in [0.717, 1.165) is 23.7 Å². The quantitative estimate of drug-likeness (QED) is 0.488. The molecular formula is C12H8Br2Cl2S. The monoisotopic (exact) mass is 412 g/mol. The molecule has 5 heteroatoms. The molecule has 0 amide bonds. The lowest BCUT2D eigenvalue weighted by molar-refractivity contribution is 1.17. The highest BCUT2D eigenvalue weighted by atomic mass is 79.9. The van der Waals surface area contributed by atoms with Crippen molar-refractivity contribution >= 4 is 66.4 Å². The van der Waals surface area contributed by atoms with E-state index in [9.17, 15) is 0 Å². The van der Waals surface area contributed by atoms with E-state index in [-0.39, 0.29) is 5.38 Å². The molecule has 0 spiro atoms. The minimum absolute atomic E-state index is 0.167. The first-order chi connectivity index (χ1) is 7.97. The van der Waals surface area contributed by atoms with E-state index in [2.05, 4.69) is 50.9 Å². The summed E-state index contributed by atoms with van der Waals surface area (Å²) in [5.74, 6) is 0. The molecule has 0 nitrogen and oxygen atoms in total. The molecule has 0 saturated carbocycles. The van der Waals surface area contributed by atoms with E-state index >= 15 is 0 Å². The second-order valence-electron chi connectivity index (χ2n) is 3.69. The average molecular weight is 415 g/mol. The number of hydrogen-bond donors (Lipinski definition) is 0. The Bertz CT molecular complexity index is 512. The first kappa shape index (κ1) is 13.9. The first-order valence-electron chi connectivity index (χ1n) is 4.83. The Morgan fingerprint density at radius 1 is 1.18 bits per heavy atom. The number of rotatable bonds is 2. The van der Waals surface area contributed by atoms with Gasteiger partial charge in [-0.2, -0.15) is 0 Å². The third-order valence-electron chi connectivity index (χ3n) is 2.27. The number of thiophene rings is 1. The van der Waals surface area contributed by atoms with Gasteiger partial charge in [0.1, 0.15) is 4.34 Å². The minimum Gasteiger partial charge on any atom is -0.125 e. The van der Waals surface area contributed by atoms with Crippen molar-refractivity contribution < 1.29 is 0 Å². The average Bonchev–Trinajstić information content (AvgIpc) is 2.57. The summed E-state index contributed by atoms with van der Waals surface area (Å²) >= 11 is 20.9. The smallest absolute Gasteiger partial charge is 0.107 e. The molecule has 17 heavy (non-hydrogen) atoms. The van der Waals surface area contributed by atoms with Gasteiger partial charge in [-0.25, -0.2) is 0 Å². The molecule has 0 N–H and O–H groups in total. The van der Waals surface area contributed by atoms with Gasteiger partial charge in [0.15, 0.2) is 0 Å². The van der Waals surface area contributed by atoms with Crippen molar-refractivity contribution in [2.75, 3.05) is 0 Å². The van der Waals surface area contributed by atoms with Crippen LogP contribution in [-0.4, -0.2) is 0 Å². The molecule has 1 aromatic carbocycles. The van der Waals surface area contributed by atoms with Gasteiger partial charge in [0, 0.05) is 13.8 Å². The predicted octanol–water partition coefficient (Wildman–Crippen LogP) is 6.56. The summed E-state index contributed by atoms with van der Waals surface area (Å²) in [5, 5.41) is -0.167. The van der Waals surface area contributed by atoms with Gasteiger partial charge in [-0.1, -0.05) is 33.6 Å². The Hall–Kier alpha value is 0.460. The number of alkyl halides is 1. The van der Waals surface area contributed by atoms with Crippen molar-refractivity contribution in [1.29, 1.82) is 0 Å². The van der Waals surface area contributed by atoms with Crippen molar-refractivity contribution in [3.8, 4) is 0 Å². The molecule has 0 fully saturated rings. The maximum Gasteiger partial charge on any atom is 0.107 e. The normalized spacial score (nSPS) is 12.8. The number of aryl methyl sites for hydroxylation is 1. The molecule has 2 rings (SSSR count). The highest BCUT2D eigenvalue weighted by Crippen LogP contribution is 2.40. The van der Waals surface area contributed by atoms with E-state index in [1.165, 1.54) is 16.9 Å². The van der Waals surface area contributed by atoms with Gasteiger partial charge >= 0.3 is 0 Å². The molecule has 1 atom stereocenters. The van der Waals surface area contributed by atoms with E-state index < -0.39 is 0 Å². The fraction of sp³-hybridized carbons (Fsp3) is 0.167. The first-order valence-corrected chi connectivity index (χ1v) is 8.05. The van der Waals surface area contributed by atoms with E-state index in [0.29, 0.717) is 0 Å². The SMILES string of the molecule is Cc1cc(Br)cc(C(Cl)c2cc(Br)c(Cl)s2)c1. The summed E-state index contributed by atoms with van der Waals surface area (Å²) in [6.45, 7) is 2.05. The Morgan fingerprint density at radius 2 is 1.88 bits per heavy atom. The van der Waals surface area contributed by atoms with Crippen LogP contribution in [0, 0.1) is 6.92 Å². The zero-order valence-electron chi connectivity index (χ0n) is 8.81. The second kappa shape index (κ2) is 5.62. The molecule has 0 saturated heterocycles. The zero-order chi connectivity index (χ0) is 12.6. The van der Waals surface area contributed by atoms with Gasteiger partial charge in [0.05, 0.1) is 5.38 Å². The highest BCUT2D eigenvalue weighted by Gasteiger charge is 2.16. The molecule has 0 aliphatic heterocycles. The zero-order valence-corrected chi connectivity index (χ0v) is 14.3. The van der Waals surface area contributed by atoms with Crippen LogP contribution in [0.4, 0.5) is 0 Å². The van der Waals surface area contributed by atoms with E-state index in [4.69, 9.17) is 23.2 Å². The van der Waals surface area contributed by atoms with Crippen LogP contribution in [0.25, 0.3) is 0 Å². The largest absolute Gasteiger partial charge is 0.125 e. The van der Waals surface area contributed by atoms with Crippen molar-refractivity contribution in [1.82, 2.24) is 0 Å². The molecule has 1 heterocycles. The van der Waals surface area contributed by atoms with Crippen LogP contribution < -0.4 is 0 Å². The lowest BCUT2D eigenvalue weighted by Crippen LogP contribution is -1.91. The third-order valence-corrected chi connectivity index (χ3v) is 5.88. The van der Waals surface area contributed by atoms with Crippen LogP contribution in [0.1, 0.15) is 21.4 Å². The van der Waals surface area contributed by atoms with Crippen molar-refractivity contribution in [2.24, 2.45) is 0 Å². The Labute approximate surface area is 131 Å². The lowest BCUT2D eigenvalue weighted by atomic mass is 10.1. The summed E-state index contributed by atoms with van der Waals surface area (Å²) in [6.07, 6.45) is 0. The summed E-state index contributed by atoms with van der Waals surface area (Å²) in [4.78, 5) is 1.04. The van der Waals surface area contributed by atoms with Gasteiger partial charge < -0.3 is 0 Å². The summed E-state index contributed by atoms with van der Waals surface area (Å²) < 4.78 is 2.67. The van der Waals surface area contributed by atoms with Crippen molar-refractivity contribution in [2.45, 2.75) is 12.3 Å². The van der Waals surface area contributed by atoms with Crippen LogP contribution in [0.2, 0.25) is 4.34 Å². The van der Waals surface area contributed by atoms with Gasteiger partial charge in [-0.15, -0.1) is 22.9 Å². The van der Waals surface area contributed by atoms with Crippen molar-refractivity contribution in [3.63, 3.8) is 0 Å². The third kappa shape index (κ3) is 3.27. The lowest BCUT2D eigenvalue weighted by Gasteiger charge is -2.09. The maximum absolute atomic E-state index is 6.47. The van der Waals surface area contributed by atoms with Gasteiger partial charge in [0.25, 0.3) is 0 Å². The fourth-order valence-corrected chi connectivity index (χ4v) is 4.25. The molecule has 1 unspecified atom stereocenters. The van der Waals surface area contributed by atoms with Gasteiger partial charge in [-0.3, -0.25) is 0 Å². The molecule has 2 aromatic rings. The van der Waals surface area contributed by atoms with E-state index in [1.54, 1.807) is 0 Å². The van der Waals surface area contributed by atoms with Crippen molar-refractivity contribution in [3.05, 3.63) is 53.6 Å². The molecular weight excluding hydrogens is 407 g/mol. The number of benzene rings is 1. The van der Waals surface area contributed by atoms with Crippen LogP contribution >= 0.6 is 66.4 Å². The molecule has 0 aliphatic rings. The fourth-order valence-electron chi connectivity index (χ4n) is 1.56. The predicted molar refractivity (Wildman–Crippen MR) is 83.6 cm³/mol. The highest BCUT2D eigenvalue weighted by molar-refractivity contribution is 9.10. The Morgan fingerprint density at radius 3 is 2.41 bits per heavy atom. The van der Waals surface area contributed by atoms with Gasteiger partial charge in [0.2, 0.25) is 0 Å². The summed E-state index contributed by atoms with van der Waals surface area (Å²) in [7, 11) is 0. The second-order valence-corrected chi connectivity index (χ2v) is 7.59. The van der Waals surface area contributed by atoms with Crippen LogP contribution in [-0.2, 0) is 0 Å². The molecule has 0 radical (unpaired) electrons. The molecule has 0 aliphatic carbocycles. The number of halogens is 4. The van der Waals surface area contributed by atoms with Crippen LogP contribution in [0.5, 0.6) is 0 Å². The summed E-state index contributed by atoms with van der Waals surface area (Å²) in [6, 6.07) is 8.15. The van der Waals surface area contributed by atoms with Crippen LogP contribution in [0.15, 0.2) is 33.2 Å².